The number of rotatable bonds is 6. The molecule has 26 heavy (non-hydrogen) atoms. The average Bonchev–Trinajstić information content (AvgIpc) is 2.99. The monoisotopic (exact) mass is 392 g/mol. The maximum Gasteiger partial charge on any atom is 0.401 e. The van der Waals surface area contributed by atoms with Crippen molar-refractivity contribution in [1.29, 1.82) is 0 Å². The van der Waals surface area contributed by atoms with E-state index in [0.717, 1.165) is 0 Å². The first kappa shape index (κ1) is 20.5. The van der Waals surface area contributed by atoms with Crippen LogP contribution in [0.25, 0.3) is 0 Å². The van der Waals surface area contributed by atoms with E-state index >= 15 is 0 Å². The first-order valence-corrected chi connectivity index (χ1v) is 9.89. The molecule has 146 valence electrons. The number of nitrogens with one attached hydrogen (secondary N) is 2. The number of likely N-dealkylation sites (tertiary alicyclic amines) is 1. The van der Waals surface area contributed by atoms with Crippen LogP contribution in [-0.2, 0) is 9.84 Å². The van der Waals surface area contributed by atoms with Crippen molar-refractivity contribution in [3.63, 3.8) is 0 Å². The Morgan fingerprint density at radius 2 is 2.00 bits per heavy atom. The topological polar surface area (TPSA) is 73.8 Å². The maximum atomic E-state index is 12.4. The van der Waals surface area contributed by atoms with E-state index in [1.807, 2.05) is 0 Å². The zero-order valence-electron chi connectivity index (χ0n) is 14.5. The highest BCUT2D eigenvalue weighted by Gasteiger charge is 2.34. The Labute approximate surface area is 151 Å². The van der Waals surface area contributed by atoms with Gasteiger partial charge in [-0.05, 0) is 18.6 Å². The summed E-state index contributed by atoms with van der Waals surface area (Å²) in [4.78, 5) is 5.59. The molecule has 1 aromatic carbocycles. The minimum atomic E-state index is -4.21. The van der Waals surface area contributed by atoms with Crippen LogP contribution < -0.4 is 10.6 Å². The fraction of sp³-hybridized carbons (Fsp3) is 0.562. The SMILES string of the molecule is CN=C(NCCS(=O)(=O)c1ccccc1)NC1CCN(CC(F)(F)F)C1. The van der Waals surface area contributed by atoms with Gasteiger partial charge in [-0.2, -0.15) is 13.2 Å². The van der Waals surface area contributed by atoms with Gasteiger partial charge in [0.05, 0.1) is 17.2 Å². The third-order valence-corrected chi connectivity index (χ3v) is 5.74. The molecule has 0 saturated carbocycles. The summed E-state index contributed by atoms with van der Waals surface area (Å²) in [7, 11) is -1.87. The van der Waals surface area contributed by atoms with Crippen LogP contribution in [0.5, 0.6) is 0 Å². The smallest absolute Gasteiger partial charge is 0.355 e. The number of benzene rings is 1. The quantitative estimate of drug-likeness (QED) is 0.563. The predicted octanol–water partition coefficient (Wildman–Crippen LogP) is 1.26. The fourth-order valence-electron chi connectivity index (χ4n) is 2.79. The minimum absolute atomic E-state index is 0.109. The molecule has 0 amide bonds. The molecule has 1 aliphatic heterocycles. The van der Waals surface area contributed by atoms with Crippen LogP contribution in [-0.4, -0.2) is 70.5 Å². The molecule has 1 aliphatic rings. The lowest BCUT2D eigenvalue weighted by atomic mass is 10.3. The molecule has 6 nitrogen and oxygen atoms in total. The van der Waals surface area contributed by atoms with Crippen molar-refractivity contribution < 1.29 is 21.6 Å². The molecule has 1 saturated heterocycles. The normalized spacial score (nSPS) is 19.5. The molecule has 0 aliphatic carbocycles. The number of aliphatic imine (C=N–C) groups is 1. The second kappa shape index (κ2) is 8.72. The van der Waals surface area contributed by atoms with E-state index in [2.05, 4.69) is 15.6 Å². The van der Waals surface area contributed by atoms with E-state index in [1.165, 1.54) is 24.1 Å². The number of alkyl halides is 3. The van der Waals surface area contributed by atoms with Gasteiger partial charge in [0.25, 0.3) is 0 Å². The highest BCUT2D eigenvalue weighted by atomic mass is 32.2. The van der Waals surface area contributed by atoms with Crippen LogP contribution in [0.2, 0.25) is 0 Å². The largest absolute Gasteiger partial charge is 0.401 e. The lowest BCUT2D eigenvalue weighted by molar-refractivity contribution is -0.143. The van der Waals surface area contributed by atoms with Crippen LogP contribution in [0.4, 0.5) is 13.2 Å². The van der Waals surface area contributed by atoms with E-state index in [0.29, 0.717) is 18.9 Å². The van der Waals surface area contributed by atoms with Gasteiger partial charge in [0.15, 0.2) is 15.8 Å². The van der Waals surface area contributed by atoms with Crippen molar-refractivity contribution in [2.45, 2.75) is 23.5 Å². The molecular weight excluding hydrogens is 369 g/mol. The first-order chi connectivity index (χ1) is 12.2. The van der Waals surface area contributed by atoms with E-state index in [9.17, 15) is 21.6 Å². The molecule has 2 N–H and O–H groups in total. The number of nitrogens with zero attached hydrogens (tertiary/aromatic N) is 2. The number of hydrogen-bond donors (Lipinski definition) is 2. The maximum absolute atomic E-state index is 12.4. The summed E-state index contributed by atoms with van der Waals surface area (Å²) in [6, 6.07) is 7.98. The number of guanidine groups is 1. The van der Waals surface area contributed by atoms with Crippen LogP contribution in [0, 0.1) is 0 Å². The molecule has 0 aromatic heterocycles. The van der Waals surface area contributed by atoms with Crippen molar-refractivity contribution in [2.75, 3.05) is 39.0 Å². The molecule has 1 aromatic rings. The zero-order chi connectivity index (χ0) is 19.2. The molecule has 0 spiro atoms. The second-order valence-electron chi connectivity index (χ2n) is 6.11. The second-order valence-corrected chi connectivity index (χ2v) is 8.22. The van der Waals surface area contributed by atoms with Gasteiger partial charge in [0.2, 0.25) is 0 Å². The lowest BCUT2D eigenvalue weighted by Gasteiger charge is -2.19. The summed E-state index contributed by atoms with van der Waals surface area (Å²) in [6.07, 6.45) is -3.64. The molecule has 1 fully saturated rings. The van der Waals surface area contributed by atoms with E-state index in [1.54, 1.807) is 18.2 Å². The van der Waals surface area contributed by atoms with Crippen molar-refractivity contribution in [3.8, 4) is 0 Å². The molecule has 0 bridgehead atoms. The highest BCUT2D eigenvalue weighted by molar-refractivity contribution is 7.91. The van der Waals surface area contributed by atoms with Gasteiger partial charge < -0.3 is 10.6 Å². The summed E-state index contributed by atoms with van der Waals surface area (Å²) in [5, 5.41) is 5.95. The molecule has 2 rings (SSSR count). The average molecular weight is 392 g/mol. The summed E-state index contributed by atoms with van der Waals surface area (Å²) < 4.78 is 61.7. The van der Waals surface area contributed by atoms with Gasteiger partial charge in [0.1, 0.15) is 0 Å². The predicted molar refractivity (Wildman–Crippen MR) is 93.9 cm³/mol. The minimum Gasteiger partial charge on any atom is -0.355 e. The van der Waals surface area contributed by atoms with Gasteiger partial charge >= 0.3 is 6.18 Å². The summed E-state index contributed by atoms with van der Waals surface area (Å²) >= 11 is 0. The molecule has 1 atom stereocenters. The van der Waals surface area contributed by atoms with Gasteiger partial charge in [0, 0.05) is 32.7 Å². The van der Waals surface area contributed by atoms with Crippen molar-refractivity contribution in [2.24, 2.45) is 4.99 Å². The number of halogens is 3. The lowest BCUT2D eigenvalue weighted by Crippen LogP contribution is -2.46. The van der Waals surface area contributed by atoms with Crippen LogP contribution in [0.15, 0.2) is 40.2 Å². The van der Waals surface area contributed by atoms with E-state index in [-0.39, 0.29) is 29.8 Å². The van der Waals surface area contributed by atoms with E-state index in [4.69, 9.17) is 0 Å². The van der Waals surface area contributed by atoms with Crippen molar-refractivity contribution >= 4 is 15.8 Å². The highest BCUT2D eigenvalue weighted by Crippen LogP contribution is 2.19. The van der Waals surface area contributed by atoms with Crippen LogP contribution in [0.1, 0.15) is 6.42 Å². The molecule has 10 heteroatoms. The zero-order valence-corrected chi connectivity index (χ0v) is 15.3. The third-order valence-electron chi connectivity index (χ3n) is 4.01. The molecule has 1 heterocycles. The number of hydrogen-bond acceptors (Lipinski definition) is 4. The Morgan fingerprint density at radius 1 is 1.31 bits per heavy atom. The van der Waals surface area contributed by atoms with Crippen LogP contribution >= 0.6 is 0 Å². The Kier molecular flexibility index (Phi) is 6.87. The Bertz CT molecular complexity index is 708. The Hall–Kier alpha value is -1.81. The van der Waals surface area contributed by atoms with Crippen molar-refractivity contribution in [1.82, 2.24) is 15.5 Å². The van der Waals surface area contributed by atoms with Gasteiger partial charge in [-0.25, -0.2) is 8.42 Å². The Balaban J connectivity index is 1.78. The Morgan fingerprint density at radius 3 is 2.62 bits per heavy atom. The van der Waals surface area contributed by atoms with Gasteiger partial charge in [-0.1, -0.05) is 18.2 Å². The van der Waals surface area contributed by atoms with Crippen LogP contribution in [0.3, 0.4) is 0 Å². The number of sulfone groups is 1. The summed E-state index contributed by atoms with van der Waals surface area (Å²) in [5.41, 5.74) is 0. The first-order valence-electron chi connectivity index (χ1n) is 8.24. The third kappa shape index (κ3) is 6.49. The molecule has 1 unspecified atom stereocenters. The standard InChI is InChI=1S/C16H23F3N4O2S/c1-20-15(22-13-7-9-23(11-13)12-16(17,18)19)21-8-10-26(24,25)14-5-3-2-4-6-14/h2-6,13H,7-12H2,1H3,(H2,20,21,22). The molecule has 0 radical (unpaired) electrons. The van der Waals surface area contributed by atoms with Gasteiger partial charge in [-0.15, -0.1) is 0 Å². The van der Waals surface area contributed by atoms with Gasteiger partial charge in [-0.3, -0.25) is 9.89 Å². The van der Waals surface area contributed by atoms with Crippen molar-refractivity contribution in [3.05, 3.63) is 30.3 Å². The summed E-state index contributed by atoms with van der Waals surface area (Å²) in [5.74, 6) is 0.273. The fourth-order valence-corrected chi connectivity index (χ4v) is 3.96. The van der Waals surface area contributed by atoms with E-state index < -0.39 is 22.6 Å². The molecular formula is C16H23F3N4O2S. The summed E-state index contributed by atoms with van der Waals surface area (Å²) in [6.45, 7) is -0.151.